The Morgan fingerprint density at radius 3 is 1.06 bits per heavy atom. The number of carbonyl (C=O) groups is 3. The Labute approximate surface area is 431 Å². The second-order valence-electron chi connectivity index (χ2n) is 18.5. The summed E-state index contributed by atoms with van der Waals surface area (Å²) in [5.41, 5.74) is 0. The maximum Gasteiger partial charge on any atom is 0.306 e. The zero-order valence-corrected chi connectivity index (χ0v) is 45.2. The molecule has 0 aliphatic carbocycles. The second kappa shape index (κ2) is 57.4. The predicted molar refractivity (Wildman–Crippen MR) is 302 cm³/mol. The third-order valence-electron chi connectivity index (χ3n) is 11.7. The van der Waals surface area contributed by atoms with Gasteiger partial charge in [0.1, 0.15) is 13.2 Å². The normalized spacial score (nSPS) is 13.0. The zero-order valence-electron chi connectivity index (χ0n) is 45.2. The fraction of sp³-hybridized carbons (Fsp3) is 0.641. The number of allylic oxidation sites excluding steroid dienone is 20. The zero-order chi connectivity index (χ0) is 50.7. The molecule has 0 N–H and O–H groups in total. The van der Waals surface area contributed by atoms with Crippen LogP contribution in [0.25, 0.3) is 0 Å². The maximum atomic E-state index is 12.8. The number of rotatable bonds is 50. The molecule has 0 aromatic rings. The summed E-state index contributed by atoms with van der Waals surface area (Å²) in [7, 11) is 0. The van der Waals surface area contributed by atoms with Crippen molar-refractivity contribution < 1.29 is 28.6 Å². The first-order valence-corrected chi connectivity index (χ1v) is 28.6. The van der Waals surface area contributed by atoms with Gasteiger partial charge in [0, 0.05) is 19.3 Å². The molecule has 0 spiro atoms. The summed E-state index contributed by atoms with van der Waals surface area (Å²) in [4.78, 5) is 38.2. The van der Waals surface area contributed by atoms with Gasteiger partial charge in [-0.15, -0.1) is 0 Å². The number of unbranched alkanes of at least 4 members (excludes halogenated alkanes) is 21. The first kappa shape index (κ1) is 65.8. The third-order valence-corrected chi connectivity index (χ3v) is 11.7. The van der Waals surface area contributed by atoms with Crippen molar-refractivity contribution >= 4 is 17.9 Å². The van der Waals surface area contributed by atoms with Crippen LogP contribution in [-0.2, 0) is 28.6 Å². The van der Waals surface area contributed by atoms with Crippen LogP contribution in [0.2, 0.25) is 0 Å². The van der Waals surface area contributed by atoms with Crippen molar-refractivity contribution in [1.82, 2.24) is 0 Å². The minimum Gasteiger partial charge on any atom is -0.462 e. The molecule has 0 aromatic heterocycles. The van der Waals surface area contributed by atoms with Crippen LogP contribution in [0.3, 0.4) is 0 Å². The lowest BCUT2D eigenvalue weighted by Gasteiger charge is -2.18. The van der Waals surface area contributed by atoms with E-state index in [0.29, 0.717) is 19.3 Å². The van der Waals surface area contributed by atoms with Gasteiger partial charge in [0.2, 0.25) is 0 Å². The lowest BCUT2D eigenvalue weighted by molar-refractivity contribution is -0.167. The summed E-state index contributed by atoms with van der Waals surface area (Å²) >= 11 is 0. The van der Waals surface area contributed by atoms with E-state index in [1.165, 1.54) is 83.5 Å². The highest BCUT2D eigenvalue weighted by atomic mass is 16.6. The minimum absolute atomic E-state index is 0.115. The Morgan fingerprint density at radius 2 is 0.629 bits per heavy atom. The summed E-state index contributed by atoms with van der Waals surface area (Å²) in [6, 6.07) is 0. The molecule has 0 aliphatic rings. The van der Waals surface area contributed by atoms with Crippen LogP contribution in [0.5, 0.6) is 0 Å². The van der Waals surface area contributed by atoms with Crippen LogP contribution in [-0.4, -0.2) is 37.2 Å². The standard InChI is InChI=1S/C64H104O6/c1-4-7-10-13-16-19-22-25-28-31-34-36-39-42-45-48-51-54-57-63(66)69-60-61(70-64(67)58-55-52-49-46-43-40-37-33-30-27-24-21-18-15-12-9-6-3)59-68-62(65)56-53-50-47-44-41-38-35-32-29-26-23-20-17-14-11-8-5-2/h9,12,17-18,20-22,25-31,34,36-37,40,46,49,61H,4-8,10-11,13-16,19,23-24,32-33,35,38-39,41-45,47-48,50-60H2,1-3H3/b12-9-,20-17-,21-18-,25-22-,29-26-,30-27-,31-28-,36-34-,40-37-,49-46-. The Morgan fingerprint density at radius 1 is 0.314 bits per heavy atom. The average Bonchev–Trinajstić information content (AvgIpc) is 3.36. The smallest absolute Gasteiger partial charge is 0.306 e. The van der Waals surface area contributed by atoms with Gasteiger partial charge in [0.15, 0.2) is 6.10 Å². The predicted octanol–water partition coefficient (Wildman–Crippen LogP) is 19.3. The van der Waals surface area contributed by atoms with Gasteiger partial charge in [-0.1, -0.05) is 232 Å². The molecular weight excluding hydrogens is 865 g/mol. The van der Waals surface area contributed by atoms with E-state index in [1.807, 2.05) is 0 Å². The molecule has 0 aliphatic heterocycles. The van der Waals surface area contributed by atoms with Crippen molar-refractivity contribution in [2.45, 2.75) is 252 Å². The molecule has 396 valence electrons. The molecule has 70 heavy (non-hydrogen) atoms. The Bertz CT molecular complexity index is 1490. The molecule has 0 amide bonds. The molecule has 1 atom stereocenters. The Hall–Kier alpha value is -4.19. The maximum absolute atomic E-state index is 12.8. The van der Waals surface area contributed by atoms with Crippen molar-refractivity contribution in [3.8, 4) is 0 Å². The van der Waals surface area contributed by atoms with Gasteiger partial charge in [0.25, 0.3) is 0 Å². The van der Waals surface area contributed by atoms with Gasteiger partial charge in [-0.3, -0.25) is 14.4 Å². The fourth-order valence-electron chi connectivity index (χ4n) is 7.45. The number of hydrogen-bond donors (Lipinski definition) is 0. The van der Waals surface area contributed by atoms with E-state index >= 15 is 0 Å². The third kappa shape index (κ3) is 54.7. The summed E-state index contributed by atoms with van der Waals surface area (Å²) in [6.45, 7) is 6.41. The van der Waals surface area contributed by atoms with Crippen molar-refractivity contribution in [3.05, 3.63) is 122 Å². The van der Waals surface area contributed by atoms with Gasteiger partial charge in [-0.2, -0.15) is 0 Å². The molecule has 6 heteroatoms. The van der Waals surface area contributed by atoms with E-state index in [2.05, 4.69) is 142 Å². The molecule has 0 aromatic carbocycles. The molecule has 0 heterocycles. The van der Waals surface area contributed by atoms with E-state index in [4.69, 9.17) is 14.2 Å². The van der Waals surface area contributed by atoms with Crippen LogP contribution in [0.4, 0.5) is 0 Å². The molecule has 0 bridgehead atoms. The summed E-state index contributed by atoms with van der Waals surface area (Å²) in [6.07, 6.45) is 79.0. The summed E-state index contributed by atoms with van der Waals surface area (Å²) in [5.74, 6) is -1.00. The van der Waals surface area contributed by atoms with Gasteiger partial charge >= 0.3 is 17.9 Å². The van der Waals surface area contributed by atoms with Crippen molar-refractivity contribution in [3.63, 3.8) is 0 Å². The highest BCUT2D eigenvalue weighted by Gasteiger charge is 2.19. The lowest BCUT2D eigenvalue weighted by Crippen LogP contribution is -2.30. The van der Waals surface area contributed by atoms with Gasteiger partial charge in [-0.25, -0.2) is 0 Å². The SMILES string of the molecule is CC/C=C\C/C=C\C/C=C\C/C=C\C/C=C\CCCC(=O)OC(COC(=O)CCCCCCC\C=C/C=C\C=C/CCCCCCC)COC(=O)CCCCCCCCC/C=C\C/C=C\CCCCC. The van der Waals surface area contributed by atoms with E-state index < -0.39 is 6.10 Å². The highest BCUT2D eigenvalue weighted by molar-refractivity contribution is 5.71. The van der Waals surface area contributed by atoms with E-state index in [-0.39, 0.29) is 37.5 Å². The monoisotopic (exact) mass is 969 g/mol. The van der Waals surface area contributed by atoms with Crippen LogP contribution in [0.1, 0.15) is 245 Å². The topological polar surface area (TPSA) is 78.9 Å². The van der Waals surface area contributed by atoms with Crippen LogP contribution < -0.4 is 0 Å². The van der Waals surface area contributed by atoms with Crippen molar-refractivity contribution in [2.75, 3.05) is 13.2 Å². The van der Waals surface area contributed by atoms with E-state index in [9.17, 15) is 14.4 Å². The second-order valence-corrected chi connectivity index (χ2v) is 18.5. The highest BCUT2D eigenvalue weighted by Crippen LogP contribution is 2.13. The van der Waals surface area contributed by atoms with Crippen LogP contribution in [0.15, 0.2) is 122 Å². The van der Waals surface area contributed by atoms with E-state index in [1.54, 1.807) is 0 Å². The number of hydrogen-bond acceptors (Lipinski definition) is 6. The van der Waals surface area contributed by atoms with E-state index in [0.717, 1.165) is 116 Å². The van der Waals surface area contributed by atoms with Crippen LogP contribution in [0, 0.1) is 0 Å². The quantitative estimate of drug-likeness (QED) is 0.0199. The lowest BCUT2D eigenvalue weighted by atomic mass is 10.1. The number of ether oxygens (including phenoxy) is 3. The first-order chi connectivity index (χ1) is 34.5. The van der Waals surface area contributed by atoms with Crippen molar-refractivity contribution in [1.29, 1.82) is 0 Å². The Kier molecular flexibility index (Phi) is 54.0. The molecule has 0 fully saturated rings. The molecular formula is C64H104O6. The molecule has 0 saturated heterocycles. The molecule has 6 nitrogen and oxygen atoms in total. The van der Waals surface area contributed by atoms with Gasteiger partial charge < -0.3 is 14.2 Å². The van der Waals surface area contributed by atoms with Crippen LogP contribution >= 0.6 is 0 Å². The largest absolute Gasteiger partial charge is 0.462 e. The molecule has 0 radical (unpaired) electrons. The number of esters is 3. The van der Waals surface area contributed by atoms with Gasteiger partial charge in [-0.05, 0) is 116 Å². The first-order valence-electron chi connectivity index (χ1n) is 28.6. The molecule has 0 rings (SSSR count). The molecule has 1 unspecified atom stereocenters. The minimum atomic E-state index is -0.824. The number of carbonyl (C=O) groups excluding carboxylic acids is 3. The van der Waals surface area contributed by atoms with Crippen molar-refractivity contribution in [2.24, 2.45) is 0 Å². The Balaban J connectivity index is 4.55. The van der Waals surface area contributed by atoms with Gasteiger partial charge in [0.05, 0.1) is 0 Å². The molecule has 0 saturated carbocycles. The summed E-state index contributed by atoms with van der Waals surface area (Å²) < 4.78 is 16.8. The average molecular weight is 970 g/mol. The summed E-state index contributed by atoms with van der Waals surface area (Å²) in [5, 5.41) is 0. The fourth-order valence-corrected chi connectivity index (χ4v) is 7.45.